The Hall–Kier alpha value is -1.79. The van der Waals surface area contributed by atoms with E-state index in [0.29, 0.717) is 25.8 Å². The van der Waals surface area contributed by atoms with Crippen LogP contribution < -0.4 is 5.32 Å². The molecule has 0 spiro atoms. The third-order valence-electron chi connectivity index (χ3n) is 3.23. The molecule has 25 heavy (non-hydrogen) atoms. The highest BCUT2D eigenvalue weighted by Gasteiger charge is 2.10. The lowest BCUT2D eigenvalue weighted by atomic mass is 10.2. The predicted octanol–water partition coefficient (Wildman–Crippen LogP) is 6.52. The topological polar surface area (TPSA) is 51.2 Å². The molecule has 2 aromatic carbocycles. The van der Waals surface area contributed by atoms with Crippen LogP contribution in [0.5, 0.6) is 0 Å². The van der Waals surface area contributed by atoms with Gasteiger partial charge < -0.3 is 4.74 Å². The van der Waals surface area contributed by atoms with Gasteiger partial charge in [0.05, 0.1) is 5.69 Å². The predicted molar refractivity (Wildman–Crippen MR) is 103 cm³/mol. The van der Waals surface area contributed by atoms with Crippen LogP contribution in [0.25, 0.3) is 11.3 Å². The molecular weight excluding hydrogens is 403 g/mol. The number of nitrogens with zero attached hydrogens (tertiary/aromatic N) is 1. The normalized spacial score (nSPS) is 10.5. The van der Waals surface area contributed by atoms with Crippen LogP contribution in [0.2, 0.25) is 15.1 Å². The molecule has 1 aromatic heterocycles. The Morgan fingerprint density at radius 3 is 2.52 bits per heavy atom. The van der Waals surface area contributed by atoms with E-state index in [-0.39, 0.29) is 6.61 Å². The summed E-state index contributed by atoms with van der Waals surface area (Å²) in [6.07, 6.45) is -0.608. The molecule has 128 valence electrons. The fourth-order valence-corrected chi connectivity index (χ4v) is 3.28. The summed E-state index contributed by atoms with van der Waals surface area (Å²) in [5.41, 5.74) is 2.33. The second kappa shape index (κ2) is 8.06. The number of ether oxygens (including phenoxy) is 1. The van der Waals surface area contributed by atoms with Gasteiger partial charge in [-0.05, 0) is 24.3 Å². The van der Waals surface area contributed by atoms with Crippen LogP contribution in [-0.2, 0) is 11.3 Å². The van der Waals surface area contributed by atoms with Gasteiger partial charge in [-0.15, -0.1) is 11.3 Å². The van der Waals surface area contributed by atoms with Crippen LogP contribution >= 0.6 is 46.1 Å². The molecule has 1 N–H and O–H groups in total. The van der Waals surface area contributed by atoms with Gasteiger partial charge in [0.15, 0.2) is 5.13 Å². The summed E-state index contributed by atoms with van der Waals surface area (Å²) in [6, 6.07) is 12.3. The fourth-order valence-electron chi connectivity index (χ4n) is 1.99. The maximum Gasteiger partial charge on any atom is 0.413 e. The summed E-state index contributed by atoms with van der Waals surface area (Å²) in [4.78, 5) is 16.3. The fraction of sp³-hybridized carbons (Fsp3) is 0.0588. The van der Waals surface area contributed by atoms with Crippen molar-refractivity contribution in [1.29, 1.82) is 0 Å². The molecule has 0 bridgehead atoms. The highest BCUT2D eigenvalue weighted by molar-refractivity contribution is 7.14. The third-order valence-corrected chi connectivity index (χ3v) is 4.82. The first-order valence-corrected chi connectivity index (χ1v) is 9.12. The van der Waals surface area contributed by atoms with E-state index < -0.39 is 6.09 Å². The van der Waals surface area contributed by atoms with Crippen molar-refractivity contribution in [2.75, 3.05) is 5.32 Å². The van der Waals surface area contributed by atoms with Gasteiger partial charge in [0, 0.05) is 31.6 Å². The Kier molecular flexibility index (Phi) is 5.81. The van der Waals surface area contributed by atoms with Gasteiger partial charge in [0.25, 0.3) is 0 Å². The molecular formula is C17H11Cl3N2O2S. The van der Waals surface area contributed by atoms with Crippen molar-refractivity contribution < 1.29 is 9.53 Å². The number of hydrogen-bond donors (Lipinski definition) is 1. The maximum atomic E-state index is 11.9. The van der Waals surface area contributed by atoms with E-state index in [9.17, 15) is 4.79 Å². The summed E-state index contributed by atoms with van der Waals surface area (Å²) in [5.74, 6) is 0. The largest absolute Gasteiger partial charge is 0.444 e. The molecule has 1 heterocycles. The molecule has 0 aliphatic carbocycles. The van der Waals surface area contributed by atoms with Crippen molar-refractivity contribution >= 4 is 57.4 Å². The molecule has 0 saturated heterocycles. The summed E-state index contributed by atoms with van der Waals surface area (Å²) in [6.45, 7) is 0.0389. The van der Waals surface area contributed by atoms with E-state index in [1.165, 1.54) is 11.3 Å². The summed E-state index contributed by atoms with van der Waals surface area (Å²) >= 11 is 19.0. The number of amides is 1. The van der Waals surface area contributed by atoms with Crippen molar-refractivity contribution in [1.82, 2.24) is 4.98 Å². The number of benzene rings is 2. The maximum absolute atomic E-state index is 11.9. The van der Waals surface area contributed by atoms with Crippen molar-refractivity contribution in [2.24, 2.45) is 0 Å². The number of halogens is 3. The van der Waals surface area contributed by atoms with Gasteiger partial charge in [0.1, 0.15) is 6.61 Å². The van der Waals surface area contributed by atoms with E-state index in [2.05, 4.69) is 10.3 Å². The Labute approximate surface area is 163 Å². The lowest BCUT2D eigenvalue weighted by Gasteiger charge is -2.07. The van der Waals surface area contributed by atoms with E-state index >= 15 is 0 Å². The van der Waals surface area contributed by atoms with Gasteiger partial charge in [-0.25, -0.2) is 9.78 Å². The van der Waals surface area contributed by atoms with Crippen molar-refractivity contribution in [3.05, 3.63) is 68.5 Å². The van der Waals surface area contributed by atoms with Crippen LogP contribution in [0.4, 0.5) is 9.93 Å². The first-order chi connectivity index (χ1) is 12.0. The molecule has 0 fully saturated rings. The molecule has 0 radical (unpaired) electrons. The SMILES string of the molecule is O=C(Nc1nc(-c2ccc(Cl)cc2)cs1)OCc1ccc(Cl)cc1Cl. The molecule has 3 aromatic rings. The van der Waals surface area contributed by atoms with Crippen LogP contribution in [0, 0.1) is 0 Å². The number of nitrogens with one attached hydrogen (secondary N) is 1. The number of hydrogen-bond acceptors (Lipinski definition) is 4. The molecule has 0 atom stereocenters. The molecule has 1 amide bonds. The number of carbonyl (C=O) groups is 1. The lowest BCUT2D eigenvalue weighted by molar-refractivity contribution is 0.155. The van der Waals surface area contributed by atoms with Crippen LogP contribution in [-0.4, -0.2) is 11.1 Å². The molecule has 3 rings (SSSR count). The zero-order chi connectivity index (χ0) is 17.8. The third kappa shape index (κ3) is 4.86. The lowest BCUT2D eigenvalue weighted by Crippen LogP contribution is -2.13. The second-order valence-electron chi connectivity index (χ2n) is 4.98. The van der Waals surface area contributed by atoms with Crippen LogP contribution in [0.3, 0.4) is 0 Å². The van der Waals surface area contributed by atoms with Crippen molar-refractivity contribution in [3.63, 3.8) is 0 Å². The Morgan fingerprint density at radius 1 is 1.08 bits per heavy atom. The number of carbonyl (C=O) groups excluding carboxylic acids is 1. The minimum atomic E-state index is -0.608. The van der Waals surface area contributed by atoms with Crippen molar-refractivity contribution in [2.45, 2.75) is 6.61 Å². The summed E-state index contributed by atoms with van der Waals surface area (Å²) < 4.78 is 5.16. The standard InChI is InChI=1S/C17H11Cl3N2O2S/c18-12-4-1-10(2-5-12)15-9-25-16(21-15)22-17(23)24-8-11-3-6-13(19)7-14(11)20/h1-7,9H,8H2,(H,21,22,23). The van der Waals surface area contributed by atoms with E-state index in [0.717, 1.165) is 11.3 Å². The molecule has 0 aliphatic rings. The Morgan fingerprint density at radius 2 is 1.80 bits per heavy atom. The first kappa shape index (κ1) is 18.0. The Balaban J connectivity index is 1.59. The summed E-state index contributed by atoms with van der Waals surface area (Å²) in [5, 5.41) is 6.50. The zero-order valence-electron chi connectivity index (χ0n) is 12.6. The van der Waals surface area contributed by atoms with Gasteiger partial charge in [0.2, 0.25) is 0 Å². The molecule has 4 nitrogen and oxygen atoms in total. The highest BCUT2D eigenvalue weighted by Crippen LogP contribution is 2.26. The Bertz CT molecular complexity index is 897. The average Bonchev–Trinajstić information content (AvgIpc) is 3.03. The molecule has 0 unspecified atom stereocenters. The highest BCUT2D eigenvalue weighted by atomic mass is 35.5. The van der Waals surface area contributed by atoms with E-state index in [1.807, 2.05) is 17.5 Å². The van der Waals surface area contributed by atoms with Gasteiger partial charge in [-0.3, -0.25) is 5.32 Å². The average molecular weight is 414 g/mol. The first-order valence-electron chi connectivity index (χ1n) is 7.10. The van der Waals surface area contributed by atoms with Crippen molar-refractivity contribution in [3.8, 4) is 11.3 Å². The molecule has 0 saturated carbocycles. The van der Waals surface area contributed by atoms with Gasteiger partial charge in [-0.1, -0.05) is 53.0 Å². The number of aromatic nitrogens is 1. The number of anilines is 1. The summed E-state index contributed by atoms with van der Waals surface area (Å²) in [7, 11) is 0. The van der Waals surface area contributed by atoms with Gasteiger partial charge >= 0.3 is 6.09 Å². The van der Waals surface area contributed by atoms with Crippen LogP contribution in [0.15, 0.2) is 47.8 Å². The van der Waals surface area contributed by atoms with E-state index in [4.69, 9.17) is 39.5 Å². The number of thiazole rings is 1. The minimum Gasteiger partial charge on any atom is -0.444 e. The second-order valence-corrected chi connectivity index (χ2v) is 7.12. The molecule has 0 aliphatic heterocycles. The number of rotatable bonds is 4. The quantitative estimate of drug-likeness (QED) is 0.530. The zero-order valence-corrected chi connectivity index (χ0v) is 15.7. The monoisotopic (exact) mass is 412 g/mol. The minimum absolute atomic E-state index is 0.0389. The van der Waals surface area contributed by atoms with Crippen LogP contribution in [0.1, 0.15) is 5.56 Å². The van der Waals surface area contributed by atoms with E-state index in [1.54, 1.807) is 30.3 Å². The van der Waals surface area contributed by atoms with Gasteiger partial charge in [-0.2, -0.15) is 0 Å². The smallest absolute Gasteiger partial charge is 0.413 e. The molecule has 8 heteroatoms.